The maximum atomic E-state index is 12.5. The summed E-state index contributed by atoms with van der Waals surface area (Å²) in [5.41, 5.74) is 8.63. The molecule has 0 saturated carbocycles. The number of carbonyl (C=O) groups is 1. The van der Waals surface area contributed by atoms with Crippen LogP contribution in [0.2, 0.25) is 0 Å². The molecule has 0 atom stereocenters. The summed E-state index contributed by atoms with van der Waals surface area (Å²) in [6, 6.07) is 19.2. The third kappa shape index (κ3) is 4.40. The summed E-state index contributed by atoms with van der Waals surface area (Å²) in [7, 11) is 0. The molecule has 0 spiro atoms. The van der Waals surface area contributed by atoms with Crippen molar-refractivity contribution in [3.63, 3.8) is 0 Å². The largest absolute Gasteiger partial charge is 1.00 e. The predicted octanol–water partition coefficient (Wildman–Crippen LogP) is 0.588. The number of carbonyl (C=O) groups excluding carboxylic acids is 1. The van der Waals surface area contributed by atoms with Crippen molar-refractivity contribution >= 4 is 27.8 Å². The highest BCUT2D eigenvalue weighted by Gasteiger charge is 2.12. The predicted molar refractivity (Wildman–Crippen MR) is 94.1 cm³/mol. The molecule has 0 fully saturated rings. The molecule has 0 aliphatic rings. The van der Waals surface area contributed by atoms with Crippen LogP contribution in [0.1, 0.15) is 15.9 Å². The minimum absolute atomic E-state index is 0. The van der Waals surface area contributed by atoms with Gasteiger partial charge < -0.3 is 17.0 Å². The van der Waals surface area contributed by atoms with Crippen LogP contribution in [0.15, 0.2) is 78.3 Å². The number of aromatic nitrogens is 1. The number of hydrogen-bond donors (Lipinski definition) is 1. The number of anilines is 1. The summed E-state index contributed by atoms with van der Waals surface area (Å²) in [6.07, 6.45) is 3.64. The van der Waals surface area contributed by atoms with E-state index in [-0.39, 0.29) is 22.8 Å². The lowest BCUT2D eigenvalue weighted by Gasteiger charge is -2.07. The molecule has 0 radical (unpaired) electrons. The Morgan fingerprint density at radius 1 is 1.00 bits per heavy atom. The second-order valence-corrected chi connectivity index (χ2v) is 6.06. The quantitative estimate of drug-likeness (QED) is 0.387. The molecule has 3 nitrogen and oxygen atoms in total. The first-order chi connectivity index (χ1) is 11.2. The molecule has 0 saturated heterocycles. The standard InChI is InChI=1S/C19H16N2OS.BrH/c20-19-21(11-12-23-19)14-17(15-7-3-1-4-8-15)13-18(22)16-9-5-2-6-10-16;/h1-13,20H,14H2;1H/b17-13+;. The molecule has 122 valence electrons. The molecule has 2 aromatic carbocycles. The van der Waals surface area contributed by atoms with E-state index in [0.29, 0.717) is 12.1 Å². The number of allylic oxidation sites excluding steroid dienone is 2. The summed E-state index contributed by atoms with van der Waals surface area (Å²) < 4.78 is 1.95. The fourth-order valence-corrected chi connectivity index (χ4v) is 2.95. The maximum absolute atomic E-state index is 12.5. The van der Waals surface area contributed by atoms with Gasteiger partial charge in [0.1, 0.15) is 12.7 Å². The van der Waals surface area contributed by atoms with Crippen LogP contribution in [-0.4, -0.2) is 5.78 Å². The molecule has 0 aliphatic heterocycles. The highest BCUT2D eigenvalue weighted by atomic mass is 79.9. The molecule has 1 heterocycles. The van der Waals surface area contributed by atoms with Gasteiger partial charge in [0, 0.05) is 16.5 Å². The number of nitrogens with two attached hydrogens (primary N) is 1. The first-order valence-corrected chi connectivity index (χ1v) is 8.20. The van der Waals surface area contributed by atoms with Crippen LogP contribution in [0.25, 0.3) is 5.57 Å². The summed E-state index contributed by atoms with van der Waals surface area (Å²) in [5, 5.41) is 2.66. The van der Waals surface area contributed by atoms with Gasteiger partial charge in [0.05, 0.1) is 0 Å². The van der Waals surface area contributed by atoms with Crippen molar-refractivity contribution in [2.75, 3.05) is 5.73 Å². The zero-order valence-corrected chi connectivity index (χ0v) is 15.3. The molecule has 2 N–H and O–H groups in total. The molecule has 0 aliphatic carbocycles. The van der Waals surface area contributed by atoms with Crippen LogP contribution in [0, 0.1) is 0 Å². The highest BCUT2D eigenvalue weighted by Crippen LogP contribution is 2.17. The van der Waals surface area contributed by atoms with E-state index in [2.05, 4.69) is 0 Å². The van der Waals surface area contributed by atoms with Gasteiger partial charge in [-0.3, -0.25) is 10.5 Å². The summed E-state index contributed by atoms with van der Waals surface area (Å²) in [5.74, 6) is -0.00106. The van der Waals surface area contributed by atoms with Gasteiger partial charge in [0.15, 0.2) is 5.78 Å². The molecule has 0 bridgehead atoms. The summed E-state index contributed by atoms with van der Waals surface area (Å²) >= 11 is 1.49. The Hall–Kier alpha value is -2.24. The molecule has 5 heteroatoms. The van der Waals surface area contributed by atoms with Gasteiger partial charge in [-0.2, -0.15) is 0 Å². The Morgan fingerprint density at radius 2 is 1.58 bits per heavy atom. The first-order valence-electron chi connectivity index (χ1n) is 7.32. The molecule has 0 amide bonds. The van der Waals surface area contributed by atoms with Crippen molar-refractivity contribution < 1.29 is 26.3 Å². The Labute approximate surface area is 155 Å². The first kappa shape index (κ1) is 18.1. The average molecular weight is 401 g/mol. The van der Waals surface area contributed by atoms with Gasteiger partial charge in [-0.25, -0.2) is 4.57 Å². The van der Waals surface area contributed by atoms with E-state index in [1.807, 2.05) is 76.8 Å². The second kappa shape index (κ2) is 8.57. The van der Waals surface area contributed by atoms with Gasteiger partial charge >= 0.3 is 5.13 Å². The molecule has 0 unspecified atom stereocenters. The minimum atomic E-state index is -0.00106. The van der Waals surface area contributed by atoms with Gasteiger partial charge in [-0.15, -0.1) is 0 Å². The number of ketones is 1. The second-order valence-electron chi connectivity index (χ2n) is 5.14. The third-order valence-corrected chi connectivity index (χ3v) is 4.30. The summed E-state index contributed by atoms with van der Waals surface area (Å²) in [4.78, 5) is 12.5. The van der Waals surface area contributed by atoms with Crippen LogP contribution in [-0.2, 0) is 6.54 Å². The van der Waals surface area contributed by atoms with Gasteiger partial charge in [-0.1, -0.05) is 72.0 Å². The third-order valence-electron chi connectivity index (χ3n) is 3.56. The average Bonchev–Trinajstić information content (AvgIpc) is 3.00. The Morgan fingerprint density at radius 3 is 2.12 bits per heavy atom. The minimum Gasteiger partial charge on any atom is -1.00 e. The zero-order valence-electron chi connectivity index (χ0n) is 12.9. The van der Waals surface area contributed by atoms with E-state index in [4.69, 9.17) is 5.73 Å². The number of benzene rings is 2. The van der Waals surface area contributed by atoms with Crippen LogP contribution in [0.3, 0.4) is 0 Å². The van der Waals surface area contributed by atoms with E-state index in [0.717, 1.165) is 16.3 Å². The lowest BCUT2D eigenvalue weighted by Crippen LogP contribution is -3.00. The van der Waals surface area contributed by atoms with E-state index in [9.17, 15) is 4.79 Å². The van der Waals surface area contributed by atoms with Crippen LogP contribution in [0.4, 0.5) is 5.13 Å². The van der Waals surface area contributed by atoms with Gasteiger partial charge in [0.2, 0.25) is 0 Å². The SMILES string of the molecule is Nc1scc[n+]1C/C(=C\C(=O)c1ccccc1)c1ccccc1.[Br-]. The zero-order chi connectivity index (χ0) is 16.1. The number of nitrogen functional groups attached to an aromatic ring is 1. The van der Waals surface area contributed by atoms with Crippen molar-refractivity contribution in [2.45, 2.75) is 6.54 Å². The van der Waals surface area contributed by atoms with E-state index >= 15 is 0 Å². The lowest BCUT2D eigenvalue weighted by atomic mass is 10.0. The number of thiazole rings is 1. The molecular formula is C19H17BrN2OS. The molecule has 1 aromatic heterocycles. The fourth-order valence-electron chi connectivity index (χ4n) is 2.35. The smallest absolute Gasteiger partial charge is 0.331 e. The number of hydrogen-bond acceptors (Lipinski definition) is 3. The monoisotopic (exact) mass is 400 g/mol. The topological polar surface area (TPSA) is 47.0 Å². The lowest BCUT2D eigenvalue weighted by molar-refractivity contribution is -0.665. The summed E-state index contributed by atoms with van der Waals surface area (Å²) in [6.45, 7) is 0.567. The Bertz CT molecular complexity index is 829. The molecular weight excluding hydrogens is 384 g/mol. The Kier molecular flexibility index (Phi) is 6.46. The van der Waals surface area contributed by atoms with Gasteiger partial charge in [0.25, 0.3) is 0 Å². The highest BCUT2D eigenvalue weighted by molar-refractivity contribution is 7.12. The van der Waals surface area contributed by atoms with E-state index in [1.54, 1.807) is 6.08 Å². The fraction of sp³-hybridized carbons (Fsp3) is 0.0526. The van der Waals surface area contributed by atoms with Crippen LogP contribution < -0.4 is 27.3 Å². The normalized spacial score (nSPS) is 10.9. The van der Waals surface area contributed by atoms with Crippen LogP contribution in [0.5, 0.6) is 0 Å². The number of halogens is 1. The maximum Gasteiger partial charge on any atom is 0.331 e. The van der Waals surface area contributed by atoms with E-state index in [1.165, 1.54) is 11.3 Å². The van der Waals surface area contributed by atoms with Crippen molar-refractivity contribution in [1.29, 1.82) is 0 Å². The molecule has 3 aromatic rings. The Balaban J connectivity index is 0.00000208. The van der Waals surface area contributed by atoms with Gasteiger partial charge in [-0.05, 0) is 11.6 Å². The van der Waals surface area contributed by atoms with Crippen LogP contribution >= 0.6 is 11.3 Å². The molecule has 3 rings (SSSR count). The van der Waals surface area contributed by atoms with Crippen molar-refractivity contribution in [3.05, 3.63) is 89.4 Å². The van der Waals surface area contributed by atoms with E-state index < -0.39 is 0 Å². The van der Waals surface area contributed by atoms with Crippen molar-refractivity contribution in [2.24, 2.45) is 0 Å². The molecule has 24 heavy (non-hydrogen) atoms. The number of nitrogens with zero attached hydrogens (tertiary/aromatic N) is 1. The van der Waals surface area contributed by atoms with Crippen molar-refractivity contribution in [1.82, 2.24) is 0 Å². The van der Waals surface area contributed by atoms with Crippen molar-refractivity contribution in [3.8, 4) is 0 Å². The number of rotatable bonds is 5.